The predicted octanol–water partition coefficient (Wildman–Crippen LogP) is 3.39. The first-order chi connectivity index (χ1) is 16.9. The molecular weight excluding hydrogens is 445 g/mol. The van der Waals surface area contributed by atoms with E-state index in [9.17, 15) is 14.0 Å². The van der Waals surface area contributed by atoms with Crippen LogP contribution in [0.2, 0.25) is 0 Å². The number of terminal acetylenes is 1. The van der Waals surface area contributed by atoms with E-state index in [2.05, 4.69) is 26.1 Å². The van der Waals surface area contributed by atoms with E-state index < -0.39 is 0 Å². The van der Waals surface area contributed by atoms with Crippen LogP contribution in [0.5, 0.6) is 0 Å². The maximum atomic E-state index is 13.4. The van der Waals surface area contributed by atoms with E-state index in [0.717, 1.165) is 31.7 Å². The topological polar surface area (TPSA) is 78.4 Å². The Morgan fingerprint density at radius 1 is 1.11 bits per heavy atom. The molecule has 0 aliphatic carbocycles. The second kappa shape index (κ2) is 10.8. The van der Waals surface area contributed by atoms with Crippen molar-refractivity contribution in [1.29, 1.82) is 0 Å². The number of piperidine rings is 1. The zero-order chi connectivity index (χ0) is 24.8. The Hall–Kier alpha value is -4.25. The van der Waals surface area contributed by atoms with Gasteiger partial charge in [0.05, 0.1) is 23.4 Å². The van der Waals surface area contributed by atoms with Crippen LogP contribution in [0, 0.1) is 18.2 Å². The van der Waals surface area contributed by atoms with Crippen molar-refractivity contribution >= 4 is 17.6 Å². The molecule has 1 N–H and O–H groups in total. The number of anilines is 1. The lowest BCUT2D eigenvalue weighted by molar-refractivity contribution is 0.0811. The van der Waals surface area contributed by atoms with E-state index in [0.29, 0.717) is 22.4 Å². The predicted molar refractivity (Wildman–Crippen MR) is 132 cm³/mol. The third-order valence-electron chi connectivity index (χ3n) is 5.97. The first-order valence-corrected chi connectivity index (χ1v) is 11.4. The summed E-state index contributed by atoms with van der Waals surface area (Å²) in [7, 11) is 1.66. The van der Waals surface area contributed by atoms with Gasteiger partial charge in [0.2, 0.25) is 0 Å². The molecule has 1 aliphatic heterocycles. The summed E-state index contributed by atoms with van der Waals surface area (Å²) in [6.07, 6.45) is 9.89. The van der Waals surface area contributed by atoms with E-state index >= 15 is 0 Å². The maximum Gasteiger partial charge on any atom is 0.255 e. The molecule has 0 bridgehead atoms. The van der Waals surface area contributed by atoms with Gasteiger partial charge < -0.3 is 15.1 Å². The summed E-state index contributed by atoms with van der Waals surface area (Å²) in [5, 5.41) is 3.07. The summed E-state index contributed by atoms with van der Waals surface area (Å²) in [5.41, 5.74) is 2.22. The molecule has 0 radical (unpaired) electrons. The number of amides is 2. The monoisotopic (exact) mass is 471 g/mol. The highest BCUT2D eigenvalue weighted by atomic mass is 19.1. The van der Waals surface area contributed by atoms with Gasteiger partial charge in [-0.25, -0.2) is 9.37 Å². The molecule has 2 amide bonds. The number of carbonyl (C=O) groups is 2. The molecule has 3 aromatic rings. The molecule has 0 atom stereocenters. The fourth-order valence-electron chi connectivity index (χ4n) is 4.00. The van der Waals surface area contributed by atoms with Crippen molar-refractivity contribution in [3.8, 4) is 23.6 Å². The second-order valence-electron chi connectivity index (χ2n) is 8.45. The highest BCUT2D eigenvalue weighted by molar-refractivity contribution is 5.94. The molecule has 1 saturated heterocycles. The third-order valence-corrected chi connectivity index (χ3v) is 5.97. The van der Waals surface area contributed by atoms with E-state index in [1.165, 1.54) is 23.2 Å². The van der Waals surface area contributed by atoms with Gasteiger partial charge in [-0.1, -0.05) is 18.1 Å². The minimum absolute atomic E-state index is 0.0416. The Morgan fingerprint density at radius 2 is 1.86 bits per heavy atom. The van der Waals surface area contributed by atoms with Crippen LogP contribution >= 0.6 is 0 Å². The number of hydrogen-bond acceptors (Lipinski definition) is 5. The summed E-state index contributed by atoms with van der Waals surface area (Å²) >= 11 is 0. The van der Waals surface area contributed by atoms with Crippen molar-refractivity contribution < 1.29 is 14.0 Å². The van der Waals surface area contributed by atoms with Gasteiger partial charge >= 0.3 is 0 Å². The average Bonchev–Trinajstić information content (AvgIpc) is 2.89. The molecule has 2 aromatic heterocycles. The molecule has 1 aromatic carbocycles. The van der Waals surface area contributed by atoms with E-state index in [1.807, 2.05) is 6.07 Å². The quantitative estimate of drug-likeness (QED) is 0.558. The molecule has 1 aliphatic rings. The van der Waals surface area contributed by atoms with E-state index in [-0.39, 0.29) is 30.2 Å². The number of carbonyl (C=O) groups excluding carboxylic acids is 2. The Balaban J connectivity index is 1.29. The van der Waals surface area contributed by atoms with Crippen molar-refractivity contribution in [2.24, 2.45) is 0 Å². The average molecular weight is 472 g/mol. The van der Waals surface area contributed by atoms with Gasteiger partial charge in [-0.05, 0) is 49.2 Å². The minimum atomic E-state index is -0.329. The Bertz CT molecular complexity index is 1230. The third kappa shape index (κ3) is 5.82. The number of aromatic nitrogens is 2. The summed E-state index contributed by atoms with van der Waals surface area (Å²) in [5.74, 6) is 2.57. The van der Waals surface area contributed by atoms with Crippen LogP contribution in [0.25, 0.3) is 11.3 Å². The van der Waals surface area contributed by atoms with Crippen molar-refractivity contribution in [2.75, 3.05) is 31.6 Å². The van der Waals surface area contributed by atoms with Crippen molar-refractivity contribution in [3.05, 3.63) is 77.9 Å². The second-order valence-corrected chi connectivity index (χ2v) is 8.45. The fraction of sp³-hybridized carbons (Fsp3) is 0.259. The van der Waals surface area contributed by atoms with Crippen molar-refractivity contribution in [3.63, 3.8) is 0 Å². The fourth-order valence-corrected chi connectivity index (χ4v) is 4.00. The summed E-state index contributed by atoms with van der Waals surface area (Å²) < 4.78 is 13.4. The van der Waals surface area contributed by atoms with E-state index in [4.69, 9.17) is 6.42 Å². The van der Waals surface area contributed by atoms with Gasteiger partial charge in [0.1, 0.15) is 11.6 Å². The molecule has 4 rings (SSSR count). The molecule has 8 heteroatoms. The van der Waals surface area contributed by atoms with Crippen LogP contribution in [0.1, 0.15) is 33.6 Å². The van der Waals surface area contributed by atoms with Gasteiger partial charge in [0.15, 0.2) is 0 Å². The van der Waals surface area contributed by atoms with E-state index in [1.54, 1.807) is 43.6 Å². The largest absolute Gasteiger partial charge is 0.356 e. The lowest BCUT2D eigenvalue weighted by atomic mass is 10.0. The normalized spacial score (nSPS) is 13.7. The van der Waals surface area contributed by atoms with Crippen LogP contribution in [0.3, 0.4) is 0 Å². The van der Waals surface area contributed by atoms with Crippen LogP contribution in [-0.2, 0) is 0 Å². The highest BCUT2D eigenvalue weighted by Gasteiger charge is 2.22. The van der Waals surface area contributed by atoms with Gasteiger partial charge in [0.25, 0.3) is 11.8 Å². The number of nitrogens with zero attached hydrogens (tertiary/aromatic N) is 4. The number of rotatable bonds is 6. The molecule has 3 heterocycles. The molecule has 35 heavy (non-hydrogen) atoms. The summed E-state index contributed by atoms with van der Waals surface area (Å²) in [6.45, 7) is 1.71. The molecule has 0 saturated carbocycles. The SMILES string of the molecule is C#CCN(C)C(=O)c1ccc(N2CCC(NC(=O)c3ccc(-c4cccc(F)c4)nc3)CC2)nc1. The zero-order valence-electron chi connectivity index (χ0n) is 19.4. The lowest BCUT2D eigenvalue weighted by Crippen LogP contribution is -2.45. The van der Waals surface area contributed by atoms with Crippen LogP contribution in [0.15, 0.2) is 60.9 Å². The Kier molecular flexibility index (Phi) is 7.36. The molecule has 0 unspecified atom stereocenters. The molecule has 0 spiro atoms. The highest BCUT2D eigenvalue weighted by Crippen LogP contribution is 2.20. The maximum absolute atomic E-state index is 13.4. The zero-order valence-corrected chi connectivity index (χ0v) is 19.4. The lowest BCUT2D eigenvalue weighted by Gasteiger charge is -2.33. The standard InChI is InChI=1S/C27H26FN5O2/c1-3-13-32(2)27(35)21-8-10-25(30-18-21)33-14-11-23(12-15-33)31-26(34)20-7-9-24(29-17-20)19-5-4-6-22(28)16-19/h1,4-10,16-18,23H,11-15H2,2H3,(H,31,34). The Labute approximate surface area is 204 Å². The van der Waals surface area contributed by atoms with Crippen LogP contribution in [-0.4, -0.2) is 59.4 Å². The molecule has 7 nitrogen and oxygen atoms in total. The van der Waals surface area contributed by atoms with Gasteiger partial charge in [-0.3, -0.25) is 14.6 Å². The van der Waals surface area contributed by atoms with Gasteiger partial charge in [0, 0.05) is 44.1 Å². The first-order valence-electron chi connectivity index (χ1n) is 11.4. The number of halogens is 1. The Morgan fingerprint density at radius 3 is 2.49 bits per heavy atom. The first kappa shape index (κ1) is 23.9. The number of benzene rings is 1. The number of hydrogen-bond donors (Lipinski definition) is 1. The van der Waals surface area contributed by atoms with Crippen LogP contribution in [0.4, 0.5) is 10.2 Å². The minimum Gasteiger partial charge on any atom is -0.356 e. The van der Waals surface area contributed by atoms with Crippen LogP contribution < -0.4 is 10.2 Å². The summed E-state index contributed by atoms with van der Waals surface area (Å²) in [4.78, 5) is 37.4. The number of nitrogens with one attached hydrogen (secondary N) is 1. The molecule has 1 fully saturated rings. The van der Waals surface area contributed by atoms with Gasteiger partial charge in [-0.2, -0.15) is 0 Å². The number of pyridine rings is 2. The smallest absolute Gasteiger partial charge is 0.255 e. The van der Waals surface area contributed by atoms with Crippen molar-refractivity contribution in [2.45, 2.75) is 18.9 Å². The van der Waals surface area contributed by atoms with Gasteiger partial charge in [-0.15, -0.1) is 6.42 Å². The molecular formula is C27H26FN5O2. The van der Waals surface area contributed by atoms with Crippen molar-refractivity contribution in [1.82, 2.24) is 20.2 Å². The molecule has 178 valence electrons. The summed E-state index contributed by atoms with van der Waals surface area (Å²) in [6, 6.07) is 13.2.